The Balaban J connectivity index is 2.66. The van der Waals surface area contributed by atoms with Gasteiger partial charge in [-0.05, 0) is 18.4 Å². The molecule has 0 saturated carbocycles. The second kappa shape index (κ2) is 4.14. The number of benzene rings is 1. The zero-order valence-corrected chi connectivity index (χ0v) is 10.2. The van der Waals surface area contributed by atoms with Crippen molar-refractivity contribution in [1.29, 1.82) is 0 Å². The van der Waals surface area contributed by atoms with E-state index in [1.807, 2.05) is 0 Å². The third kappa shape index (κ3) is 1.67. The molecule has 0 radical (unpaired) electrons. The molecule has 0 aliphatic heterocycles. The molecule has 2 aromatic rings. The van der Waals surface area contributed by atoms with Crippen molar-refractivity contribution in [1.82, 2.24) is 0 Å². The summed E-state index contributed by atoms with van der Waals surface area (Å²) in [6.07, 6.45) is 2.06. The van der Waals surface area contributed by atoms with E-state index in [9.17, 15) is 0 Å². The number of aliphatic hydroxyl groups is 1. The van der Waals surface area contributed by atoms with Crippen LogP contribution in [0.1, 0.15) is 4.88 Å². The molecule has 1 aromatic carbocycles. The lowest BCUT2D eigenvalue weighted by Gasteiger charge is -1.95. The predicted molar refractivity (Wildman–Crippen MR) is 66.8 cm³/mol. The van der Waals surface area contributed by atoms with Crippen LogP contribution >= 0.6 is 35.7 Å². The summed E-state index contributed by atoms with van der Waals surface area (Å²) in [7, 11) is 0. The number of aliphatic hydroxyl groups excluding tert-OH is 1. The van der Waals surface area contributed by atoms with Gasteiger partial charge in [-0.3, -0.25) is 0 Å². The summed E-state index contributed by atoms with van der Waals surface area (Å²) in [6.45, 7) is 0.0762. The highest BCUT2D eigenvalue weighted by atomic mass is 32.2. The van der Waals surface area contributed by atoms with Crippen molar-refractivity contribution >= 4 is 45.8 Å². The monoisotopic (exact) mass is 242 g/mol. The molecule has 0 amide bonds. The zero-order chi connectivity index (χ0) is 10.1. The van der Waals surface area contributed by atoms with Crippen LogP contribution in [0, 0.1) is 0 Å². The molecular weight excluding hydrogens is 232 g/mol. The summed E-state index contributed by atoms with van der Waals surface area (Å²) in [4.78, 5) is 3.11. The van der Waals surface area contributed by atoms with Gasteiger partial charge in [0.05, 0.1) is 6.61 Å². The first-order valence-electron chi connectivity index (χ1n) is 4.15. The first kappa shape index (κ1) is 10.4. The van der Waals surface area contributed by atoms with Crippen LogP contribution < -0.4 is 0 Å². The maximum absolute atomic E-state index is 9.10. The van der Waals surface area contributed by atoms with Crippen molar-refractivity contribution < 1.29 is 5.11 Å². The average molecular weight is 242 g/mol. The Morgan fingerprint density at radius 2 is 2.29 bits per heavy atom. The molecule has 1 heterocycles. The van der Waals surface area contributed by atoms with Gasteiger partial charge in [-0.1, -0.05) is 6.07 Å². The molecule has 0 fully saturated rings. The molecule has 0 bridgehead atoms. The maximum atomic E-state index is 9.10. The van der Waals surface area contributed by atoms with E-state index < -0.39 is 0 Å². The summed E-state index contributed by atoms with van der Waals surface area (Å²) < 4.78 is 1.20. The summed E-state index contributed by atoms with van der Waals surface area (Å²) >= 11 is 7.74. The quantitative estimate of drug-likeness (QED) is 0.622. The Bertz CT molecular complexity index is 462. The lowest BCUT2D eigenvalue weighted by Crippen LogP contribution is -1.75. The van der Waals surface area contributed by atoms with Crippen LogP contribution in [0.2, 0.25) is 0 Å². The summed E-state index contributed by atoms with van der Waals surface area (Å²) in [5.74, 6) is 0. The average Bonchev–Trinajstić information content (AvgIpc) is 2.55. The number of rotatable bonds is 2. The van der Waals surface area contributed by atoms with Crippen molar-refractivity contribution in [3.8, 4) is 0 Å². The van der Waals surface area contributed by atoms with Crippen LogP contribution in [0.4, 0.5) is 0 Å². The first-order valence-corrected chi connectivity index (χ1v) is 6.64. The van der Waals surface area contributed by atoms with Gasteiger partial charge in [0.25, 0.3) is 0 Å². The Morgan fingerprint density at radius 1 is 1.50 bits per heavy atom. The van der Waals surface area contributed by atoms with E-state index in [4.69, 9.17) is 5.11 Å². The van der Waals surface area contributed by atoms with Crippen molar-refractivity contribution in [3.05, 3.63) is 23.1 Å². The fourth-order valence-corrected chi connectivity index (χ4v) is 3.34. The molecule has 14 heavy (non-hydrogen) atoms. The predicted octanol–water partition coefficient (Wildman–Crippen LogP) is 3.40. The molecule has 0 atom stereocenters. The number of thiophene rings is 1. The van der Waals surface area contributed by atoms with E-state index >= 15 is 0 Å². The summed E-state index contributed by atoms with van der Waals surface area (Å²) in [5, 5.41) is 10.2. The van der Waals surface area contributed by atoms with Crippen LogP contribution in [-0.2, 0) is 6.61 Å². The standard InChI is InChI=1S/C10H10OS3/c1-13-6-2-3-7-8(4-6)14-9(5-11)10(7)12/h2-4,11-12H,5H2,1H3. The highest BCUT2D eigenvalue weighted by molar-refractivity contribution is 7.98. The Hall–Kier alpha value is -0.160. The van der Waals surface area contributed by atoms with E-state index in [-0.39, 0.29) is 6.61 Å². The second-order valence-corrected chi connectivity index (χ2v) is 5.36. The number of thioether (sulfide) groups is 1. The van der Waals surface area contributed by atoms with Crippen LogP contribution in [-0.4, -0.2) is 11.4 Å². The van der Waals surface area contributed by atoms with Gasteiger partial charge in [0.1, 0.15) is 0 Å². The molecule has 1 N–H and O–H groups in total. The molecule has 0 aliphatic carbocycles. The maximum Gasteiger partial charge on any atom is 0.0786 e. The van der Waals surface area contributed by atoms with Crippen LogP contribution in [0.15, 0.2) is 28.0 Å². The summed E-state index contributed by atoms with van der Waals surface area (Å²) in [6, 6.07) is 6.29. The van der Waals surface area contributed by atoms with Gasteiger partial charge in [0.2, 0.25) is 0 Å². The highest BCUT2D eigenvalue weighted by Gasteiger charge is 2.08. The first-order chi connectivity index (χ1) is 6.76. The van der Waals surface area contributed by atoms with E-state index in [0.717, 1.165) is 15.2 Å². The summed E-state index contributed by atoms with van der Waals surface area (Å²) in [5.41, 5.74) is 0. The molecule has 74 valence electrons. The van der Waals surface area contributed by atoms with E-state index in [0.29, 0.717) is 0 Å². The second-order valence-electron chi connectivity index (χ2n) is 2.89. The van der Waals surface area contributed by atoms with Gasteiger partial charge in [0, 0.05) is 24.8 Å². The third-order valence-electron chi connectivity index (χ3n) is 2.08. The van der Waals surface area contributed by atoms with Crippen molar-refractivity contribution in [2.24, 2.45) is 0 Å². The highest BCUT2D eigenvalue weighted by Crippen LogP contribution is 2.35. The number of hydrogen-bond donors (Lipinski definition) is 2. The van der Waals surface area contributed by atoms with Crippen molar-refractivity contribution in [2.75, 3.05) is 6.26 Å². The van der Waals surface area contributed by atoms with Crippen LogP contribution in [0.3, 0.4) is 0 Å². The largest absolute Gasteiger partial charge is 0.391 e. The minimum Gasteiger partial charge on any atom is -0.391 e. The van der Waals surface area contributed by atoms with Gasteiger partial charge < -0.3 is 5.11 Å². The van der Waals surface area contributed by atoms with Gasteiger partial charge in [-0.15, -0.1) is 35.7 Å². The number of fused-ring (bicyclic) bond motifs is 1. The van der Waals surface area contributed by atoms with E-state index in [1.165, 1.54) is 9.60 Å². The number of hydrogen-bond acceptors (Lipinski definition) is 4. The van der Waals surface area contributed by atoms with Gasteiger partial charge >= 0.3 is 0 Å². The SMILES string of the molecule is CSc1ccc2c(S)c(CO)sc2c1. The zero-order valence-electron chi connectivity index (χ0n) is 7.65. The fraction of sp³-hybridized carbons (Fsp3) is 0.200. The Labute approximate surface area is 96.6 Å². The van der Waals surface area contributed by atoms with Gasteiger partial charge in [0.15, 0.2) is 0 Å². The minimum absolute atomic E-state index is 0.0762. The van der Waals surface area contributed by atoms with Crippen LogP contribution in [0.5, 0.6) is 0 Å². The van der Waals surface area contributed by atoms with Gasteiger partial charge in [-0.25, -0.2) is 0 Å². The Morgan fingerprint density at radius 3 is 2.93 bits per heavy atom. The molecule has 0 spiro atoms. The minimum atomic E-state index is 0.0762. The van der Waals surface area contributed by atoms with E-state index in [1.54, 1.807) is 23.1 Å². The topological polar surface area (TPSA) is 20.2 Å². The smallest absolute Gasteiger partial charge is 0.0786 e. The van der Waals surface area contributed by atoms with Gasteiger partial charge in [-0.2, -0.15) is 0 Å². The van der Waals surface area contributed by atoms with Crippen molar-refractivity contribution in [2.45, 2.75) is 16.4 Å². The lowest BCUT2D eigenvalue weighted by molar-refractivity contribution is 0.283. The van der Waals surface area contributed by atoms with Crippen molar-refractivity contribution in [3.63, 3.8) is 0 Å². The van der Waals surface area contributed by atoms with E-state index in [2.05, 4.69) is 37.1 Å². The molecular formula is C10H10OS3. The molecule has 0 unspecified atom stereocenters. The Kier molecular flexibility index (Phi) is 3.07. The molecule has 1 nitrogen and oxygen atoms in total. The molecule has 4 heteroatoms. The molecule has 1 aromatic heterocycles. The third-order valence-corrected chi connectivity index (χ3v) is 4.61. The normalized spacial score (nSPS) is 11.1. The van der Waals surface area contributed by atoms with Crippen LogP contribution in [0.25, 0.3) is 10.1 Å². The lowest BCUT2D eigenvalue weighted by atomic mass is 10.2. The number of thiol groups is 1. The molecule has 2 rings (SSSR count). The molecule has 0 aliphatic rings. The molecule has 0 saturated heterocycles. The fourth-order valence-electron chi connectivity index (χ4n) is 1.35.